The number of piperidine rings is 1. The molecule has 1 aromatic rings. The summed E-state index contributed by atoms with van der Waals surface area (Å²) in [4.78, 5) is 24.9. The molecule has 0 atom stereocenters. The number of nitrogens with zero attached hydrogens (tertiary/aromatic N) is 1. The summed E-state index contributed by atoms with van der Waals surface area (Å²) >= 11 is 0. The van der Waals surface area contributed by atoms with Crippen molar-refractivity contribution < 1.29 is 19.1 Å². The fourth-order valence-corrected chi connectivity index (χ4v) is 2.24. The third-order valence-corrected chi connectivity index (χ3v) is 3.33. The third kappa shape index (κ3) is 2.86. The van der Waals surface area contributed by atoms with Crippen molar-refractivity contribution in [2.75, 3.05) is 13.1 Å². The molecule has 1 aliphatic rings. The van der Waals surface area contributed by atoms with Gasteiger partial charge in [0.2, 0.25) is 0 Å². The smallest absolute Gasteiger partial charge is 0.311 e. The van der Waals surface area contributed by atoms with Gasteiger partial charge in [-0.05, 0) is 19.8 Å². The number of carbonyl (C=O) groups excluding carboxylic acids is 1. The van der Waals surface area contributed by atoms with Crippen LogP contribution < -0.4 is 0 Å². The van der Waals surface area contributed by atoms with Crippen LogP contribution in [0.2, 0.25) is 0 Å². The van der Waals surface area contributed by atoms with Crippen LogP contribution in [0.1, 0.15) is 34.5 Å². The summed E-state index contributed by atoms with van der Waals surface area (Å²) in [6.45, 7) is 6.93. The highest BCUT2D eigenvalue weighted by atomic mass is 16.4. The fourth-order valence-electron chi connectivity index (χ4n) is 2.24. The Hall–Kier alpha value is -2.04. The first-order chi connectivity index (χ1) is 8.99. The summed E-state index contributed by atoms with van der Waals surface area (Å²) in [7, 11) is 0. The predicted octanol–water partition coefficient (Wildman–Crippen LogP) is 2.01. The highest BCUT2D eigenvalue weighted by Gasteiger charge is 2.26. The number of hydrogen-bond donors (Lipinski definition) is 1. The maximum atomic E-state index is 12.4. The molecule has 0 bridgehead atoms. The Morgan fingerprint density at radius 2 is 2.05 bits per heavy atom. The van der Waals surface area contributed by atoms with Gasteiger partial charge in [0, 0.05) is 18.7 Å². The van der Waals surface area contributed by atoms with E-state index in [1.54, 1.807) is 11.8 Å². The van der Waals surface area contributed by atoms with Crippen LogP contribution in [0.15, 0.2) is 22.8 Å². The normalized spacial score (nSPS) is 15.6. The first kappa shape index (κ1) is 13.4. The van der Waals surface area contributed by atoms with E-state index in [0.29, 0.717) is 24.2 Å². The summed E-state index contributed by atoms with van der Waals surface area (Å²) in [5, 5.41) is 8.83. The van der Waals surface area contributed by atoms with E-state index in [2.05, 4.69) is 6.58 Å². The average Bonchev–Trinajstić information content (AvgIpc) is 2.70. The Labute approximate surface area is 111 Å². The van der Waals surface area contributed by atoms with E-state index >= 15 is 0 Å². The van der Waals surface area contributed by atoms with Crippen LogP contribution in [-0.4, -0.2) is 35.0 Å². The number of hydrogen-bond acceptors (Lipinski definition) is 3. The minimum atomic E-state index is -1.00. The van der Waals surface area contributed by atoms with Crippen LogP contribution in [0.3, 0.4) is 0 Å². The zero-order valence-electron chi connectivity index (χ0n) is 10.9. The Morgan fingerprint density at radius 3 is 2.63 bits per heavy atom. The van der Waals surface area contributed by atoms with Crippen LogP contribution in [0.4, 0.5) is 0 Å². The number of aliphatic carboxylic acids is 1. The molecule has 2 heterocycles. The zero-order valence-corrected chi connectivity index (χ0v) is 10.9. The molecule has 5 heteroatoms. The second-order valence-electron chi connectivity index (χ2n) is 4.83. The number of aryl methyl sites for hydroxylation is 1. The molecule has 0 spiro atoms. The van der Waals surface area contributed by atoms with Gasteiger partial charge in [-0.3, -0.25) is 9.59 Å². The molecule has 1 aliphatic heterocycles. The van der Waals surface area contributed by atoms with Gasteiger partial charge in [0.25, 0.3) is 5.91 Å². The standard InChI is InChI=1S/C14H17NO4/c1-9-3-5-15(6-4-9)14(18)13-10(2)8-19-11(13)7-12(16)17/h8H,1,3-7H2,2H3,(H,16,17). The molecule has 1 N–H and O–H groups in total. The molecule has 0 radical (unpaired) electrons. The van der Waals surface area contributed by atoms with Crippen molar-refractivity contribution in [3.8, 4) is 0 Å². The molecule has 0 aliphatic carbocycles. The number of carboxylic acids is 1. The topological polar surface area (TPSA) is 70.8 Å². The first-order valence-corrected chi connectivity index (χ1v) is 6.23. The number of furan rings is 1. The third-order valence-electron chi connectivity index (χ3n) is 3.33. The minimum absolute atomic E-state index is 0.144. The van der Waals surface area contributed by atoms with Crippen LogP contribution in [0.5, 0.6) is 0 Å². The van der Waals surface area contributed by atoms with Gasteiger partial charge in [-0.1, -0.05) is 12.2 Å². The van der Waals surface area contributed by atoms with Crippen LogP contribution in [0.25, 0.3) is 0 Å². The van der Waals surface area contributed by atoms with Crippen LogP contribution >= 0.6 is 0 Å². The van der Waals surface area contributed by atoms with Crippen LogP contribution in [0, 0.1) is 6.92 Å². The molecule has 0 unspecified atom stereocenters. The van der Waals surface area contributed by atoms with E-state index in [0.717, 1.165) is 18.4 Å². The van der Waals surface area contributed by atoms with E-state index in [1.807, 2.05) is 0 Å². The van der Waals surface area contributed by atoms with E-state index in [9.17, 15) is 9.59 Å². The zero-order chi connectivity index (χ0) is 14.0. The van der Waals surface area contributed by atoms with Crippen molar-refractivity contribution in [3.05, 3.63) is 35.3 Å². The van der Waals surface area contributed by atoms with E-state index < -0.39 is 5.97 Å². The molecule has 0 saturated carbocycles. The van der Waals surface area contributed by atoms with Gasteiger partial charge < -0.3 is 14.4 Å². The SMILES string of the molecule is C=C1CCN(C(=O)c2c(C)coc2CC(=O)O)CC1. The number of carbonyl (C=O) groups is 2. The van der Waals surface area contributed by atoms with E-state index in [4.69, 9.17) is 9.52 Å². The van der Waals surface area contributed by atoms with Crippen LogP contribution in [-0.2, 0) is 11.2 Å². The van der Waals surface area contributed by atoms with Gasteiger partial charge in [-0.15, -0.1) is 0 Å². The van der Waals surface area contributed by atoms with Crippen molar-refractivity contribution in [2.45, 2.75) is 26.2 Å². The molecule has 2 rings (SSSR count). The van der Waals surface area contributed by atoms with Crippen molar-refractivity contribution in [3.63, 3.8) is 0 Å². The van der Waals surface area contributed by atoms with Crippen molar-refractivity contribution in [1.29, 1.82) is 0 Å². The molecule has 1 saturated heterocycles. The van der Waals surface area contributed by atoms with E-state index in [-0.39, 0.29) is 18.1 Å². The van der Waals surface area contributed by atoms with Crippen molar-refractivity contribution in [2.24, 2.45) is 0 Å². The largest absolute Gasteiger partial charge is 0.481 e. The molecular weight excluding hydrogens is 246 g/mol. The van der Waals surface area contributed by atoms with Crippen molar-refractivity contribution in [1.82, 2.24) is 4.90 Å². The molecule has 1 fully saturated rings. The lowest BCUT2D eigenvalue weighted by Gasteiger charge is -2.28. The van der Waals surface area contributed by atoms with Crippen molar-refractivity contribution >= 4 is 11.9 Å². The minimum Gasteiger partial charge on any atom is -0.481 e. The lowest BCUT2D eigenvalue weighted by atomic mass is 10.0. The molecule has 1 aromatic heterocycles. The quantitative estimate of drug-likeness (QED) is 0.847. The summed E-state index contributed by atoms with van der Waals surface area (Å²) in [5.74, 6) is -0.912. The lowest BCUT2D eigenvalue weighted by Crippen LogP contribution is -2.36. The molecule has 5 nitrogen and oxygen atoms in total. The second-order valence-corrected chi connectivity index (χ2v) is 4.83. The average molecular weight is 263 g/mol. The summed E-state index contributed by atoms with van der Waals surface area (Å²) in [6.07, 6.45) is 2.78. The first-order valence-electron chi connectivity index (χ1n) is 6.23. The molecule has 102 valence electrons. The maximum absolute atomic E-state index is 12.4. The number of likely N-dealkylation sites (tertiary alicyclic amines) is 1. The highest BCUT2D eigenvalue weighted by molar-refractivity contribution is 5.97. The lowest BCUT2D eigenvalue weighted by molar-refractivity contribution is -0.136. The van der Waals surface area contributed by atoms with Gasteiger partial charge in [-0.25, -0.2) is 0 Å². The molecule has 1 amide bonds. The van der Waals surface area contributed by atoms with Gasteiger partial charge in [-0.2, -0.15) is 0 Å². The number of rotatable bonds is 3. The summed E-state index contributed by atoms with van der Waals surface area (Å²) in [6, 6.07) is 0. The van der Waals surface area contributed by atoms with Gasteiger partial charge in [0.1, 0.15) is 12.2 Å². The second kappa shape index (κ2) is 5.30. The molecule has 0 aromatic carbocycles. The highest BCUT2D eigenvalue weighted by Crippen LogP contribution is 2.22. The Bertz CT molecular complexity index is 520. The Kier molecular flexibility index (Phi) is 3.74. The maximum Gasteiger partial charge on any atom is 0.311 e. The molecule has 19 heavy (non-hydrogen) atoms. The van der Waals surface area contributed by atoms with Gasteiger partial charge in [0.05, 0.1) is 11.8 Å². The van der Waals surface area contributed by atoms with E-state index in [1.165, 1.54) is 6.26 Å². The summed E-state index contributed by atoms with van der Waals surface area (Å²) < 4.78 is 5.19. The number of amides is 1. The Balaban J connectivity index is 2.20. The predicted molar refractivity (Wildman–Crippen MR) is 69.1 cm³/mol. The Morgan fingerprint density at radius 1 is 1.42 bits per heavy atom. The monoisotopic (exact) mass is 263 g/mol. The van der Waals surface area contributed by atoms with Gasteiger partial charge in [0.15, 0.2) is 0 Å². The number of carboxylic acid groups (broad SMARTS) is 1. The van der Waals surface area contributed by atoms with Gasteiger partial charge >= 0.3 is 5.97 Å². The summed E-state index contributed by atoms with van der Waals surface area (Å²) in [5.41, 5.74) is 2.24. The molecular formula is C14H17NO4. The fraction of sp³-hybridized carbons (Fsp3) is 0.429.